The molecule has 0 aliphatic carbocycles. The molecule has 0 radical (unpaired) electrons. The summed E-state index contributed by atoms with van der Waals surface area (Å²) in [5.74, 6) is -0.564. The van der Waals surface area contributed by atoms with Gasteiger partial charge in [-0.25, -0.2) is 0 Å². The number of benzene rings is 2. The third-order valence-corrected chi connectivity index (χ3v) is 8.69. The first-order chi connectivity index (χ1) is 16.0. The molecule has 2 rings (SSSR count). The van der Waals surface area contributed by atoms with Crippen LogP contribution < -0.4 is 10.0 Å². The molecule has 0 saturated carbocycles. The van der Waals surface area contributed by atoms with Crippen LogP contribution in [0.15, 0.2) is 30.3 Å². The van der Waals surface area contributed by atoms with Crippen LogP contribution >= 0.6 is 30.0 Å². The highest BCUT2D eigenvalue weighted by molar-refractivity contribution is 8.54. The van der Waals surface area contributed by atoms with Crippen molar-refractivity contribution in [1.82, 2.24) is 0 Å². The molecule has 0 heterocycles. The molecule has 2 aromatic carbocycles. The monoisotopic (exact) mass is 553 g/mol. The molecule has 0 amide bonds. The van der Waals surface area contributed by atoms with E-state index in [4.69, 9.17) is 21.1 Å². The van der Waals surface area contributed by atoms with E-state index in [1.165, 1.54) is 19.1 Å². The summed E-state index contributed by atoms with van der Waals surface area (Å²) >= 11 is 6.73. The summed E-state index contributed by atoms with van der Waals surface area (Å²) in [7, 11) is -2.92. The summed E-state index contributed by atoms with van der Waals surface area (Å²) in [5, 5.41) is 11.2. The standard InChI is InChI=1S/C22H24ClF3NO6PS/c1-6-13-9-16(27(29)30)19(34(31)35-12(2)32-20(28)21(3,4)5)11-18(13)33-17-8-7-14(10-15(17)23)22(24,25)26/h7-12,34H,6H2,1-5H3. The summed E-state index contributed by atoms with van der Waals surface area (Å²) in [4.78, 5) is 23.1. The number of hydrogen-bond donors (Lipinski definition) is 0. The van der Waals surface area contributed by atoms with Gasteiger partial charge >= 0.3 is 12.1 Å². The SMILES string of the molecule is CCc1cc([N+](=O)[O-])c([PH](=O)SC(C)OC(=O)C(C)(C)C)cc1Oc1ccc(C(F)(F)F)cc1Cl. The Morgan fingerprint density at radius 2 is 1.83 bits per heavy atom. The van der Waals surface area contributed by atoms with Crippen molar-refractivity contribution < 1.29 is 36.9 Å². The summed E-state index contributed by atoms with van der Waals surface area (Å²) in [5.41, 5.74) is -2.65. The van der Waals surface area contributed by atoms with Gasteiger partial charge in [0.15, 0.2) is 12.4 Å². The van der Waals surface area contributed by atoms with Gasteiger partial charge < -0.3 is 14.0 Å². The highest BCUT2D eigenvalue weighted by Crippen LogP contribution is 2.45. The Balaban J connectivity index is 2.42. The number of esters is 1. The molecule has 0 fully saturated rings. The van der Waals surface area contributed by atoms with E-state index in [2.05, 4.69) is 0 Å². The quantitative estimate of drug-likeness (QED) is 0.110. The number of aryl methyl sites for hydroxylation is 1. The van der Waals surface area contributed by atoms with Crippen LogP contribution in [0, 0.1) is 15.5 Å². The highest BCUT2D eigenvalue weighted by Gasteiger charge is 2.32. The van der Waals surface area contributed by atoms with Crippen molar-refractivity contribution in [3.05, 3.63) is 56.6 Å². The predicted octanol–water partition coefficient (Wildman–Crippen LogP) is 7.39. The number of nitrogens with zero attached hydrogens (tertiary/aromatic N) is 1. The minimum atomic E-state index is -4.60. The van der Waals surface area contributed by atoms with Crippen LogP contribution in [0.5, 0.6) is 11.5 Å². The second-order valence-electron chi connectivity index (χ2n) is 8.46. The van der Waals surface area contributed by atoms with Crippen molar-refractivity contribution >= 4 is 46.9 Å². The molecule has 0 aromatic heterocycles. The maximum Gasteiger partial charge on any atom is 0.416 e. The Morgan fingerprint density at radius 3 is 2.31 bits per heavy atom. The van der Waals surface area contributed by atoms with Gasteiger partial charge in [-0.1, -0.05) is 29.9 Å². The van der Waals surface area contributed by atoms with E-state index in [1.807, 2.05) is 0 Å². The number of nitro groups is 1. The van der Waals surface area contributed by atoms with E-state index >= 15 is 0 Å². The largest absolute Gasteiger partial charge is 0.455 e. The first kappa shape index (κ1) is 29.0. The van der Waals surface area contributed by atoms with Crippen LogP contribution in [0.4, 0.5) is 18.9 Å². The minimum Gasteiger partial charge on any atom is -0.455 e. The molecule has 0 bridgehead atoms. The van der Waals surface area contributed by atoms with E-state index < -0.39 is 46.2 Å². The molecule has 0 aliphatic rings. The molecule has 35 heavy (non-hydrogen) atoms. The number of hydrogen-bond acceptors (Lipinski definition) is 7. The van der Waals surface area contributed by atoms with Gasteiger partial charge in [0, 0.05) is 11.6 Å². The van der Waals surface area contributed by atoms with Crippen molar-refractivity contribution in [3.63, 3.8) is 0 Å². The van der Waals surface area contributed by atoms with Gasteiger partial charge in [0.1, 0.15) is 11.5 Å². The summed E-state index contributed by atoms with van der Waals surface area (Å²) in [6.45, 7) is 8.16. The van der Waals surface area contributed by atoms with Gasteiger partial charge in [-0.2, -0.15) is 13.2 Å². The van der Waals surface area contributed by atoms with Gasteiger partial charge in [-0.05, 0) is 58.4 Å². The van der Waals surface area contributed by atoms with Gasteiger partial charge in [-0.15, -0.1) is 0 Å². The van der Waals surface area contributed by atoms with Crippen LogP contribution in [0.25, 0.3) is 0 Å². The van der Waals surface area contributed by atoms with Crippen LogP contribution in [-0.2, 0) is 26.7 Å². The Bertz CT molecular complexity index is 1150. The Labute approximate surface area is 210 Å². The molecule has 2 atom stereocenters. The van der Waals surface area contributed by atoms with Crippen molar-refractivity contribution in [2.75, 3.05) is 0 Å². The maximum absolute atomic E-state index is 13.1. The third kappa shape index (κ3) is 7.62. The van der Waals surface area contributed by atoms with E-state index in [1.54, 1.807) is 27.7 Å². The topological polar surface area (TPSA) is 95.7 Å². The number of alkyl halides is 3. The molecule has 0 N–H and O–H groups in total. The fourth-order valence-corrected chi connectivity index (χ4v) is 6.07. The molecular weight excluding hydrogens is 530 g/mol. The van der Waals surface area contributed by atoms with Gasteiger partial charge in [0.25, 0.3) is 5.69 Å². The van der Waals surface area contributed by atoms with Gasteiger partial charge in [0.05, 0.1) is 26.2 Å². The van der Waals surface area contributed by atoms with E-state index in [0.717, 1.165) is 23.5 Å². The first-order valence-electron chi connectivity index (χ1n) is 10.3. The first-order valence-corrected chi connectivity index (χ1v) is 13.7. The molecule has 2 unspecified atom stereocenters. The zero-order valence-corrected chi connectivity index (χ0v) is 22.1. The minimum absolute atomic E-state index is 0.0630. The number of carbonyl (C=O) groups is 1. The van der Waals surface area contributed by atoms with Gasteiger partial charge in [-0.3, -0.25) is 14.9 Å². The second-order valence-corrected chi connectivity index (χ2v) is 12.7. The van der Waals surface area contributed by atoms with Crippen LogP contribution in [-0.4, -0.2) is 16.3 Å². The molecular formula is C22H24ClF3NO6PS. The fourth-order valence-electron chi connectivity index (χ4n) is 2.74. The van der Waals surface area contributed by atoms with Crippen molar-refractivity contribution in [2.24, 2.45) is 5.41 Å². The summed E-state index contributed by atoms with van der Waals surface area (Å²) in [6.07, 6.45) is -4.32. The van der Waals surface area contributed by atoms with Crippen molar-refractivity contribution in [2.45, 2.75) is 52.7 Å². The number of nitro benzene ring substituents is 1. The zero-order valence-electron chi connectivity index (χ0n) is 19.5. The zero-order chi connectivity index (χ0) is 26.7. The summed E-state index contributed by atoms with van der Waals surface area (Å²) in [6, 6.07) is 4.97. The molecule has 13 heteroatoms. The number of rotatable bonds is 8. The molecule has 192 valence electrons. The fraction of sp³-hybridized carbons (Fsp3) is 0.409. The lowest BCUT2D eigenvalue weighted by atomic mass is 9.97. The normalized spacial score (nSPS) is 13.7. The van der Waals surface area contributed by atoms with Crippen molar-refractivity contribution in [1.29, 1.82) is 0 Å². The van der Waals surface area contributed by atoms with Crippen LogP contribution in [0.1, 0.15) is 45.7 Å². The second kappa shape index (κ2) is 11.2. The van der Waals surface area contributed by atoms with E-state index in [-0.39, 0.29) is 28.2 Å². The van der Waals surface area contributed by atoms with Gasteiger partial charge in [0.2, 0.25) is 0 Å². The maximum atomic E-state index is 13.1. The highest BCUT2D eigenvalue weighted by atomic mass is 35.5. The molecule has 0 saturated heterocycles. The average Bonchev–Trinajstić information content (AvgIpc) is 2.72. The van der Waals surface area contributed by atoms with Crippen LogP contribution in [0.3, 0.4) is 0 Å². The lowest BCUT2D eigenvalue weighted by molar-refractivity contribution is -0.383. The Kier molecular flexibility index (Phi) is 9.30. The summed E-state index contributed by atoms with van der Waals surface area (Å²) < 4.78 is 62.8. The smallest absolute Gasteiger partial charge is 0.416 e. The lowest BCUT2D eigenvalue weighted by Crippen LogP contribution is -2.25. The Hall–Kier alpha value is -2.23. The molecule has 7 nitrogen and oxygen atoms in total. The molecule has 0 aliphatic heterocycles. The number of carbonyl (C=O) groups excluding carboxylic acids is 1. The predicted molar refractivity (Wildman–Crippen MR) is 130 cm³/mol. The molecule has 2 aromatic rings. The molecule has 0 spiro atoms. The van der Waals surface area contributed by atoms with E-state index in [0.29, 0.717) is 11.6 Å². The number of halogens is 4. The van der Waals surface area contributed by atoms with Crippen LogP contribution in [0.2, 0.25) is 5.02 Å². The third-order valence-electron chi connectivity index (χ3n) is 4.61. The lowest BCUT2D eigenvalue weighted by Gasteiger charge is -2.20. The van der Waals surface area contributed by atoms with Crippen molar-refractivity contribution in [3.8, 4) is 11.5 Å². The number of ether oxygens (including phenoxy) is 2. The van der Waals surface area contributed by atoms with E-state index in [9.17, 15) is 32.6 Å². The Morgan fingerprint density at radius 1 is 1.20 bits per heavy atom. The average molecular weight is 554 g/mol.